The van der Waals surface area contributed by atoms with Crippen LogP contribution in [0.15, 0.2) is 0 Å². The first kappa shape index (κ1) is 22.7. The molecule has 0 radical (unpaired) electrons. The maximum absolute atomic E-state index is 5.53. The van der Waals surface area contributed by atoms with Gasteiger partial charge in [-0.05, 0) is 20.3 Å². The van der Waals surface area contributed by atoms with Crippen LogP contribution in [0.3, 0.4) is 0 Å². The molecule has 0 spiro atoms. The van der Waals surface area contributed by atoms with Crippen molar-refractivity contribution in [3.63, 3.8) is 0 Å². The normalized spacial score (nSPS) is 8.00. The lowest BCUT2D eigenvalue weighted by Gasteiger charge is -2.13. The molecule has 5 N–H and O–H groups in total. The summed E-state index contributed by atoms with van der Waals surface area (Å²) in [6.07, 6.45) is 1.05. The first-order chi connectivity index (χ1) is 2.56. The highest BCUT2D eigenvalue weighted by Gasteiger charge is 2.03. The minimum atomic E-state index is 0. The molecule has 0 rings (SSSR count). The van der Waals surface area contributed by atoms with Crippen molar-refractivity contribution in [2.24, 2.45) is 5.73 Å². The second-order valence-electron chi connectivity index (χ2n) is 2.34. The van der Waals surface area contributed by atoms with Crippen LogP contribution in [-0.4, -0.2) is 5.54 Å². The first-order valence-electron chi connectivity index (χ1n) is 2.35. The van der Waals surface area contributed by atoms with E-state index in [0.29, 0.717) is 0 Å². The van der Waals surface area contributed by atoms with Crippen LogP contribution in [-0.2, 0) is 0 Å². The molecule has 62 valence electrons. The summed E-state index contributed by atoms with van der Waals surface area (Å²) in [5.41, 5.74) is 5.58. The molecule has 0 bridgehead atoms. The van der Waals surface area contributed by atoms with E-state index < -0.39 is 0 Å². The first-order valence-corrected chi connectivity index (χ1v) is 2.35. The maximum Gasteiger partial charge on any atom is 0.00944 e. The molecule has 0 aliphatic heterocycles. The Morgan fingerprint density at radius 3 is 1.33 bits per heavy atom. The van der Waals surface area contributed by atoms with Crippen molar-refractivity contribution >= 4 is 24.8 Å². The smallest absolute Gasteiger partial charge is 0.00944 e. The second-order valence-corrected chi connectivity index (χ2v) is 2.34. The average molecular weight is 177 g/mol. The van der Waals surface area contributed by atoms with Crippen molar-refractivity contribution < 1.29 is 0 Å². The summed E-state index contributed by atoms with van der Waals surface area (Å²) in [6.45, 7) is 6.12. The number of nitrogens with two attached hydrogens (primary N) is 1. The lowest BCUT2D eigenvalue weighted by molar-refractivity contribution is 0.501. The Morgan fingerprint density at radius 1 is 1.22 bits per heavy atom. The van der Waals surface area contributed by atoms with Gasteiger partial charge in [0.05, 0.1) is 0 Å². The molecular formula is C5H18Cl2N2. The van der Waals surface area contributed by atoms with Crippen molar-refractivity contribution in [3.05, 3.63) is 0 Å². The van der Waals surface area contributed by atoms with Crippen LogP contribution in [0.4, 0.5) is 0 Å². The van der Waals surface area contributed by atoms with E-state index in [1.165, 1.54) is 0 Å². The van der Waals surface area contributed by atoms with E-state index in [1.54, 1.807) is 0 Å². The van der Waals surface area contributed by atoms with Crippen molar-refractivity contribution in [1.29, 1.82) is 0 Å². The topological polar surface area (TPSA) is 61.0 Å². The molecule has 0 fully saturated rings. The predicted octanol–water partition coefficient (Wildman–Crippen LogP) is 2.14. The molecule has 0 saturated carbocycles. The highest BCUT2D eigenvalue weighted by Crippen LogP contribution is 1.99. The van der Waals surface area contributed by atoms with Gasteiger partial charge in [-0.1, -0.05) is 6.92 Å². The van der Waals surface area contributed by atoms with Gasteiger partial charge in [-0.2, -0.15) is 0 Å². The Balaban J connectivity index is -0.0000000417. The number of halogens is 2. The molecule has 9 heavy (non-hydrogen) atoms. The Kier molecular flexibility index (Phi) is 21.4. The van der Waals surface area contributed by atoms with Gasteiger partial charge in [0.15, 0.2) is 0 Å². The fourth-order valence-electron chi connectivity index (χ4n) is 0. The van der Waals surface area contributed by atoms with E-state index in [4.69, 9.17) is 5.73 Å². The molecule has 0 saturated heterocycles. The molecule has 4 heteroatoms. The third-order valence-electron chi connectivity index (χ3n) is 0.911. The molecule has 0 aromatic rings. The van der Waals surface area contributed by atoms with Gasteiger partial charge in [-0.15, -0.1) is 24.8 Å². The standard InChI is InChI=1S/C5H13N.2ClH.H3N/c1-4-5(2,3)6;;;/h4,6H2,1-3H3;2*1H;1H3. The summed E-state index contributed by atoms with van der Waals surface area (Å²) >= 11 is 0. The van der Waals surface area contributed by atoms with Crippen LogP contribution in [0.5, 0.6) is 0 Å². The quantitative estimate of drug-likeness (QED) is 0.644. The van der Waals surface area contributed by atoms with Gasteiger partial charge in [0, 0.05) is 5.54 Å². The number of hydrogen-bond acceptors (Lipinski definition) is 2. The highest BCUT2D eigenvalue weighted by molar-refractivity contribution is 5.85. The van der Waals surface area contributed by atoms with Crippen molar-refractivity contribution in [2.45, 2.75) is 32.7 Å². The third-order valence-corrected chi connectivity index (χ3v) is 0.911. The SMILES string of the molecule is CCC(C)(C)N.Cl.Cl.N. The summed E-state index contributed by atoms with van der Waals surface area (Å²) in [6, 6.07) is 0. The second kappa shape index (κ2) is 8.50. The third kappa shape index (κ3) is 29.3. The molecule has 0 aliphatic carbocycles. The van der Waals surface area contributed by atoms with Gasteiger partial charge < -0.3 is 11.9 Å². The lowest BCUT2D eigenvalue weighted by atomic mass is 10.1. The summed E-state index contributed by atoms with van der Waals surface area (Å²) in [5.74, 6) is 0. The van der Waals surface area contributed by atoms with Crippen LogP contribution in [0.2, 0.25) is 0 Å². The Bertz CT molecular complexity index is 42.7. The maximum atomic E-state index is 5.53. The van der Waals surface area contributed by atoms with E-state index in [-0.39, 0.29) is 36.5 Å². The van der Waals surface area contributed by atoms with Crippen LogP contribution in [0, 0.1) is 0 Å². The van der Waals surface area contributed by atoms with Crippen LogP contribution < -0.4 is 11.9 Å². The summed E-state index contributed by atoms with van der Waals surface area (Å²) in [7, 11) is 0. The van der Waals surface area contributed by atoms with Crippen LogP contribution >= 0.6 is 24.8 Å². The average Bonchev–Trinajstić information content (AvgIpc) is 1.35. The van der Waals surface area contributed by atoms with E-state index in [2.05, 4.69) is 6.92 Å². The van der Waals surface area contributed by atoms with Gasteiger partial charge in [0.25, 0.3) is 0 Å². The fourth-order valence-corrected chi connectivity index (χ4v) is 0. The van der Waals surface area contributed by atoms with Crippen LogP contribution in [0.25, 0.3) is 0 Å². The van der Waals surface area contributed by atoms with E-state index in [0.717, 1.165) is 6.42 Å². The highest BCUT2D eigenvalue weighted by atomic mass is 35.5. The van der Waals surface area contributed by atoms with E-state index in [9.17, 15) is 0 Å². The molecule has 0 aromatic carbocycles. The minimum absolute atomic E-state index is 0. The van der Waals surface area contributed by atoms with Gasteiger partial charge in [0.1, 0.15) is 0 Å². The fraction of sp³-hybridized carbons (Fsp3) is 1.00. The van der Waals surface area contributed by atoms with E-state index >= 15 is 0 Å². The van der Waals surface area contributed by atoms with Crippen molar-refractivity contribution in [1.82, 2.24) is 6.15 Å². The van der Waals surface area contributed by atoms with Gasteiger partial charge >= 0.3 is 0 Å². The largest absolute Gasteiger partial charge is 0.344 e. The monoisotopic (exact) mass is 176 g/mol. The van der Waals surface area contributed by atoms with Crippen molar-refractivity contribution in [2.75, 3.05) is 0 Å². The summed E-state index contributed by atoms with van der Waals surface area (Å²) in [5, 5.41) is 0. The summed E-state index contributed by atoms with van der Waals surface area (Å²) in [4.78, 5) is 0. The Morgan fingerprint density at radius 2 is 1.33 bits per heavy atom. The van der Waals surface area contributed by atoms with Gasteiger partial charge in [-0.25, -0.2) is 0 Å². The summed E-state index contributed by atoms with van der Waals surface area (Å²) < 4.78 is 0. The Labute approximate surface area is 70.0 Å². The molecule has 0 unspecified atom stereocenters. The molecule has 0 aliphatic rings. The number of hydrogen-bond donors (Lipinski definition) is 2. The van der Waals surface area contributed by atoms with Gasteiger partial charge in [0.2, 0.25) is 0 Å². The minimum Gasteiger partial charge on any atom is -0.344 e. The molecular weight excluding hydrogens is 159 g/mol. The van der Waals surface area contributed by atoms with Gasteiger partial charge in [-0.3, -0.25) is 0 Å². The van der Waals surface area contributed by atoms with Crippen LogP contribution in [0.1, 0.15) is 27.2 Å². The predicted molar refractivity (Wildman–Crippen MR) is 48.1 cm³/mol. The zero-order valence-electron chi connectivity index (χ0n) is 6.31. The molecule has 0 amide bonds. The lowest BCUT2D eigenvalue weighted by Crippen LogP contribution is -2.30. The molecule has 0 atom stereocenters. The molecule has 0 heterocycles. The van der Waals surface area contributed by atoms with Crippen molar-refractivity contribution in [3.8, 4) is 0 Å². The molecule has 2 nitrogen and oxygen atoms in total. The Hall–Kier alpha value is 0.500. The zero-order valence-corrected chi connectivity index (χ0v) is 7.94. The number of rotatable bonds is 1. The molecule has 0 aromatic heterocycles. The zero-order chi connectivity index (χ0) is 5.21. The van der Waals surface area contributed by atoms with E-state index in [1.807, 2.05) is 13.8 Å².